The van der Waals surface area contributed by atoms with Gasteiger partial charge in [-0.2, -0.15) is 0 Å². The topological polar surface area (TPSA) is 62.0 Å². The van der Waals surface area contributed by atoms with E-state index in [1.165, 1.54) is 12.3 Å². The highest BCUT2D eigenvalue weighted by atomic mass is 35.5. The lowest BCUT2D eigenvalue weighted by atomic mass is 9.95. The maximum absolute atomic E-state index is 12.3. The molecule has 0 radical (unpaired) electrons. The molecule has 1 aromatic carbocycles. The fraction of sp³-hybridized carbons (Fsp3) is 0.250. The van der Waals surface area contributed by atoms with E-state index in [0.29, 0.717) is 10.6 Å². The summed E-state index contributed by atoms with van der Waals surface area (Å²) < 4.78 is 0. The van der Waals surface area contributed by atoms with Crippen molar-refractivity contribution in [1.29, 1.82) is 0 Å². The monoisotopic (exact) mass is 304 g/mol. The molecule has 0 aliphatic heterocycles. The number of H-pyrrole nitrogens is 1. The number of amides is 1. The number of benzene rings is 1. The molecule has 0 fully saturated rings. The number of aromatic nitrogens is 1. The van der Waals surface area contributed by atoms with Crippen molar-refractivity contribution in [3.63, 3.8) is 0 Å². The van der Waals surface area contributed by atoms with Crippen LogP contribution in [0.1, 0.15) is 35.8 Å². The Morgan fingerprint density at radius 2 is 1.86 bits per heavy atom. The molecule has 0 aliphatic rings. The van der Waals surface area contributed by atoms with Crippen molar-refractivity contribution in [3.05, 3.63) is 69.1 Å². The summed E-state index contributed by atoms with van der Waals surface area (Å²) in [4.78, 5) is 26.0. The number of aromatic amines is 1. The largest absolute Gasteiger partial charge is 0.345 e. The summed E-state index contributed by atoms with van der Waals surface area (Å²) in [6.45, 7) is 4.05. The quantitative estimate of drug-likeness (QED) is 0.911. The van der Waals surface area contributed by atoms with Crippen LogP contribution in [0.25, 0.3) is 0 Å². The molecule has 21 heavy (non-hydrogen) atoms. The van der Waals surface area contributed by atoms with Gasteiger partial charge in [0.15, 0.2) is 0 Å². The second kappa shape index (κ2) is 6.59. The zero-order valence-corrected chi connectivity index (χ0v) is 12.6. The summed E-state index contributed by atoms with van der Waals surface area (Å²) in [5.41, 5.74) is 1.03. The molecule has 1 amide bonds. The van der Waals surface area contributed by atoms with Gasteiger partial charge in [0.1, 0.15) is 0 Å². The number of halogens is 1. The number of rotatable bonds is 4. The molecule has 4 nitrogen and oxygen atoms in total. The normalized spacial score (nSPS) is 12.2. The van der Waals surface area contributed by atoms with E-state index in [4.69, 9.17) is 11.6 Å². The Balaban J connectivity index is 2.22. The molecule has 110 valence electrons. The van der Waals surface area contributed by atoms with Gasteiger partial charge < -0.3 is 10.3 Å². The molecular formula is C16H17ClN2O2. The first-order valence-corrected chi connectivity index (χ1v) is 7.10. The van der Waals surface area contributed by atoms with Gasteiger partial charge in [-0.15, -0.1) is 0 Å². The molecule has 2 N–H and O–H groups in total. The summed E-state index contributed by atoms with van der Waals surface area (Å²) in [5, 5.41) is 3.62. The summed E-state index contributed by atoms with van der Waals surface area (Å²) >= 11 is 5.89. The average molecular weight is 305 g/mol. The van der Waals surface area contributed by atoms with Gasteiger partial charge in [0.05, 0.1) is 6.04 Å². The van der Waals surface area contributed by atoms with E-state index in [9.17, 15) is 9.59 Å². The third kappa shape index (κ3) is 3.95. The molecule has 0 saturated heterocycles. The maximum atomic E-state index is 12.3. The molecule has 0 spiro atoms. The minimum Gasteiger partial charge on any atom is -0.345 e. The zero-order valence-electron chi connectivity index (χ0n) is 11.9. The van der Waals surface area contributed by atoms with Gasteiger partial charge in [-0.05, 0) is 29.7 Å². The van der Waals surface area contributed by atoms with Crippen molar-refractivity contribution in [1.82, 2.24) is 10.3 Å². The maximum Gasteiger partial charge on any atom is 0.252 e. The van der Waals surface area contributed by atoms with Crippen LogP contribution in [0, 0.1) is 5.92 Å². The van der Waals surface area contributed by atoms with E-state index in [2.05, 4.69) is 10.3 Å². The van der Waals surface area contributed by atoms with Crippen LogP contribution in [0.2, 0.25) is 5.02 Å². The predicted octanol–water partition coefficient (Wildman–Crippen LogP) is 3.16. The van der Waals surface area contributed by atoms with Crippen LogP contribution in [0.15, 0.2) is 47.4 Å². The smallest absolute Gasteiger partial charge is 0.252 e. The number of pyridine rings is 1. The van der Waals surface area contributed by atoms with Crippen LogP contribution >= 0.6 is 11.6 Å². The van der Waals surface area contributed by atoms with Crippen molar-refractivity contribution in [2.75, 3.05) is 0 Å². The van der Waals surface area contributed by atoms with E-state index in [0.717, 1.165) is 5.56 Å². The molecule has 0 aliphatic carbocycles. The summed E-state index contributed by atoms with van der Waals surface area (Å²) in [6.07, 6.45) is 1.46. The van der Waals surface area contributed by atoms with Crippen molar-refractivity contribution in [2.45, 2.75) is 19.9 Å². The predicted molar refractivity (Wildman–Crippen MR) is 83.6 cm³/mol. The number of carbonyl (C=O) groups is 1. The standard InChI is InChI=1S/C16H17ClN2O2/c1-10(2)15(11-3-5-13(17)6-4-11)19-16(21)12-7-8-18-14(20)9-12/h3-10,15H,1-2H3,(H,18,20)(H,19,21). The summed E-state index contributed by atoms with van der Waals surface area (Å²) in [6, 6.07) is 10.1. The van der Waals surface area contributed by atoms with Gasteiger partial charge in [-0.3, -0.25) is 9.59 Å². The fourth-order valence-corrected chi connectivity index (χ4v) is 2.24. The average Bonchev–Trinajstić information content (AvgIpc) is 2.45. The fourth-order valence-electron chi connectivity index (χ4n) is 2.12. The minimum atomic E-state index is -0.296. The van der Waals surface area contributed by atoms with Crippen LogP contribution in [-0.2, 0) is 0 Å². The first-order chi connectivity index (χ1) is 9.97. The van der Waals surface area contributed by atoms with Crippen molar-refractivity contribution in [3.8, 4) is 0 Å². The first-order valence-electron chi connectivity index (χ1n) is 6.72. The Kier molecular flexibility index (Phi) is 4.81. The SMILES string of the molecule is CC(C)C(NC(=O)c1cc[nH]c(=O)c1)c1ccc(Cl)cc1. The Labute approximate surface area is 128 Å². The molecule has 0 saturated carbocycles. The van der Waals surface area contributed by atoms with Gasteiger partial charge in [-0.25, -0.2) is 0 Å². The highest BCUT2D eigenvalue weighted by Crippen LogP contribution is 2.23. The molecule has 1 unspecified atom stereocenters. The Morgan fingerprint density at radius 1 is 1.19 bits per heavy atom. The highest BCUT2D eigenvalue weighted by molar-refractivity contribution is 6.30. The van der Waals surface area contributed by atoms with Crippen LogP contribution in [-0.4, -0.2) is 10.9 Å². The molecule has 1 atom stereocenters. The molecule has 2 aromatic rings. The molecule has 1 aromatic heterocycles. The van der Waals surface area contributed by atoms with E-state index in [1.54, 1.807) is 18.2 Å². The third-order valence-corrected chi connectivity index (χ3v) is 3.47. The van der Waals surface area contributed by atoms with E-state index >= 15 is 0 Å². The van der Waals surface area contributed by atoms with Crippen molar-refractivity contribution < 1.29 is 4.79 Å². The van der Waals surface area contributed by atoms with E-state index < -0.39 is 0 Å². The Morgan fingerprint density at radius 3 is 2.43 bits per heavy atom. The highest BCUT2D eigenvalue weighted by Gasteiger charge is 2.19. The van der Waals surface area contributed by atoms with Crippen LogP contribution in [0.3, 0.4) is 0 Å². The third-order valence-electron chi connectivity index (χ3n) is 3.22. The van der Waals surface area contributed by atoms with E-state index in [1.807, 2.05) is 26.0 Å². The Hall–Kier alpha value is -2.07. The van der Waals surface area contributed by atoms with Crippen molar-refractivity contribution >= 4 is 17.5 Å². The van der Waals surface area contributed by atoms with E-state index in [-0.39, 0.29) is 23.4 Å². The lowest BCUT2D eigenvalue weighted by molar-refractivity contribution is 0.0925. The van der Waals surface area contributed by atoms with Crippen LogP contribution in [0.4, 0.5) is 0 Å². The zero-order chi connectivity index (χ0) is 15.4. The number of nitrogens with one attached hydrogen (secondary N) is 2. The minimum absolute atomic E-state index is 0.144. The number of carbonyl (C=O) groups excluding carboxylic acids is 1. The van der Waals surface area contributed by atoms with Gasteiger partial charge in [0.25, 0.3) is 5.91 Å². The number of hydrogen-bond donors (Lipinski definition) is 2. The molecule has 2 rings (SSSR count). The number of hydrogen-bond acceptors (Lipinski definition) is 2. The van der Waals surface area contributed by atoms with Gasteiger partial charge in [0, 0.05) is 22.8 Å². The lowest BCUT2D eigenvalue weighted by Crippen LogP contribution is -2.32. The Bertz CT molecular complexity index is 677. The van der Waals surface area contributed by atoms with Gasteiger partial charge in [0.2, 0.25) is 5.56 Å². The van der Waals surface area contributed by atoms with Crippen LogP contribution < -0.4 is 10.9 Å². The van der Waals surface area contributed by atoms with Gasteiger partial charge in [-0.1, -0.05) is 37.6 Å². The second-order valence-electron chi connectivity index (χ2n) is 5.19. The second-order valence-corrected chi connectivity index (χ2v) is 5.62. The molecule has 5 heteroatoms. The summed E-state index contributed by atoms with van der Waals surface area (Å²) in [5.74, 6) is -0.0631. The molecular weight excluding hydrogens is 288 g/mol. The van der Waals surface area contributed by atoms with Gasteiger partial charge >= 0.3 is 0 Å². The first kappa shape index (κ1) is 15.3. The van der Waals surface area contributed by atoms with Crippen molar-refractivity contribution in [2.24, 2.45) is 5.92 Å². The molecule has 1 heterocycles. The van der Waals surface area contributed by atoms with Crippen LogP contribution in [0.5, 0.6) is 0 Å². The molecule has 0 bridgehead atoms. The lowest BCUT2D eigenvalue weighted by Gasteiger charge is -2.23. The summed E-state index contributed by atoms with van der Waals surface area (Å²) in [7, 11) is 0.